The molecule has 0 amide bonds. The second-order valence-electron chi connectivity index (χ2n) is 4.24. The Morgan fingerprint density at radius 3 is 2.71 bits per heavy atom. The van der Waals surface area contributed by atoms with Gasteiger partial charge in [-0.2, -0.15) is 0 Å². The number of nitrogens with one attached hydrogen (secondary N) is 1. The number of halogens is 1. The van der Waals surface area contributed by atoms with Gasteiger partial charge in [-0.15, -0.1) is 0 Å². The number of aryl methyl sites for hydroxylation is 2. The summed E-state index contributed by atoms with van der Waals surface area (Å²) in [5.74, 6) is 1.04. The van der Waals surface area contributed by atoms with Gasteiger partial charge in [0.15, 0.2) is 0 Å². The summed E-state index contributed by atoms with van der Waals surface area (Å²) in [6.07, 6.45) is 0.966. The van der Waals surface area contributed by atoms with Gasteiger partial charge >= 0.3 is 0 Å². The summed E-state index contributed by atoms with van der Waals surface area (Å²) in [5, 5.41) is 5.24. The van der Waals surface area contributed by atoms with E-state index >= 15 is 0 Å². The van der Waals surface area contributed by atoms with Crippen LogP contribution in [0.3, 0.4) is 0 Å². The van der Waals surface area contributed by atoms with Crippen LogP contribution in [0.2, 0.25) is 5.02 Å². The molecule has 2 rings (SSSR count). The van der Waals surface area contributed by atoms with Crippen LogP contribution >= 0.6 is 11.6 Å². The number of furan rings is 1. The lowest BCUT2D eigenvalue weighted by molar-refractivity contribution is 0.513. The van der Waals surface area contributed by atoms with Gasteiger partial charge in [-0.25, -0.2) is 0 Å². The third-order valence-electron chi connectivity index (χ3n) is 3.02. The molecular weight excluding hydrogens is 234 g/mol. The molecule has 17 heavy (non-hydrogen) atoms. The third-order valence-corrected chi connectivity index (χ3v) is 3.23. The fourth-order valence-corrected chi connectivity index (χ4v) is 2.47. The van der Waals surface area contributed by atoms with Crippen molar-refractivity contribution in [2.24, 2.45) is 0 Å². The van der Waals surface area contributed by atoms with E-state index in [1.165, 1.54) is 5.56 Å². The Hall–Kier alpha value is -0.990. The molecule has 92 valence electrons. The molecule has 0 unspecified atom stereocenters. The topological polar surface area (TPSA) is 25.2 Å². The summed E-state index contributed by atoms with van der Waals surface area (Å²) in [4.78, 5) is 0. The first kappa shape index (κ1) is 12.5. The normalized spacial score (nSPS) is 11.3. The van der Waals surface area contributed by atoms with Crippen molar-refractivity contribution in [2.45, 2.75) is 33.7 Å². The highest BCUT2D eigenvalue weighted by atomic mass is 35.5. The zero-order valence-corrected chi connectivity index (χ0v) is 11.3. The lowest BCUT2D eigenvalue weighted by Gasteiger charge is -2.00. The van der Waals surface area contributed by atoms with Crippen LogP contribution in [0.4, 0.5) is 0 Å². The Labute approximate surface area is 107 Å². The van der Waals surface area contributed by atoms with Crippen LogP contribution in [-0.2, 0) is 13.0 Å². The summed E-state index contributed by atoms with van der Waals surface area (Å²) in [6.45, 7) is 8.01. The Morgan fingerprint density at radius 2 is 2.06 bits per heavy atom. The zero-order valence-electron chi connectivity index (χ0n) is 10.6. The highest BCUT2D eigenvalue weighted by molar-refractivity contribution is 6.31. The van der Waals surface area contributed by atoms with Gasteiger partial charge in [-0.3, -0.25) is 0 Å². The highest BCUT2D eigenvalue weighted by Crippen LogP contribution is 2.31. The second kappa shape index (κ2) is 5.11. The van der Waals surface area contributed by atoms with Gasteiger partial charge in [-0.05, 0) is 37.6 Å². The highest BCUT2D eigenvalue weighted by Gasteiger charge is 2.14. The monoisotopic (exact) mass is 251 g/mol. The average Bonchev–Trinajstić information content (AvgIpc) is 2.64. The van der Waals surface area contributed by atoms with Crippen molar-refractivity contribution in [3.63, 3.8) is 0 Å². The molecule has 1 N–H and O–H groups in total. The Kier molecular flexibility index (Phi) is 3.75. The SMILES string of the molecule is CCNCc1oc2c(C)cc(Cl)cc2c1CC. The van der Waals surface area contributed by atoms with E-state index in [0.29, 0.717) is 0 Å². The lowest BCUT2D eigenvalue weighted by atomic mass is 10.1. The fourth-order valence-electron chi connectivity index (χ4n) is 2.19. The minimum atomic E-state index is 0.778. The second-order valence-corrected chi connectivity index (χ2v) is 4.67. The summed E-state index contributed by atoms with van der Waals surface area (Å²) in [7, 11) is 0. The van der Waals surface area contributed by atoms with E-state index in [9.17, 15) is 0 Å². The molecule has 1 heterocycles. The molecule has 1 aromatic carbocycles. The quantitative estimate of drug-likeness (QED) is 0.886. The minimum absolute atomic E-state index is 0.778. The van der Waals surface area contributed by atoms with Crippen molar-refractivity contribution < 1.29 is 4.42 Å². The molecule has 0 radical (unpaired) electrons. The predicted octanol–water partition coefficient (Wildman–Crippen LogP) is 4.07. The van der Waals surface area contributed by atoms with E-state index in [4.69, 9.17) is 16.0 Å². The van der Waals surface area contributed by atoms with Crippen molar-refractivity contribution in [1.82, 2.24) is 5.32 Å². The van der Waals surface area contributed by atoms with Gasteiger partial charge in [-0.1, -0.05) is 25.4 Å². The van der Waals surface area contributed by atoms with Crippen molar-refractivity contribution in [2.75, 3.05) is 6.54 Å². The molecule has 1 aromatic heterocycles. The van der Waals surface area contributed by atoms with Gasteiger partial charge in [0, 0.05) is 16.0 Å². The van der Waals surface area contributed by atoms with Crippen LogP contribution < -0.4 is 5.32 Å². The van der Waals surface area contributed by atoms with E-state index in [0.717, 1.165) is 46.8 Å². The molecule has 0 spiro atoms. The molecule has 0 fully saturated rings. The van der Waals surface area contributed by atoms with Gasteiger partial charge < -0.3 is 9.73 Å². The molecular formula is C14H18ClNO. The summed E-state index contributed by atoms with van der Waals surface area (Å²) < 4.78 is 5.96. The van der Waals surface area contributed by atoms with E-state index < -0.39 is 0 Å². The van der Waals surface area contributed by atoms with E-state index in [1.807, 2.05) is 19.1 Å². The fraction of sp³-hybridized carbons (Fsp3) is 0.429. The first-order valence-electron chi connectivity index (χ1n) is 6.08. The smallest absolute Gasteiger partial charge is 0.137 e. The predicted molar refractivity (Wildman–Crippen MR) is 72.7 cm³/mol. The van der Waals surface area contributed by atoms with Gasteiger partial charge in [0.1, 0.15) is 11.3 Å². The summed E-state index contributed by atoms with van der Waals surface area (Å²) in [6, 6.07) is 3.95. The van der Waals surface area contributed by atoms with Crippen LogP contribution in [0.25, 0.3) is 11.0 Å². The van der Waals surface area contributed by atoms with Crippen LogP contribution in [0.1, 0.15) is 30.7 Å². The first-order valence-corrected chi connectivity index (χ1v) is 6.46. The van der Waals surface area contributed by atoms with Crippen LogP contribution in [0.5, 0.6) is 0 Å². The molecule has 0 saturated heterocycles. The standard InChI is InChI=1S/C14H18ClNO/c1-4-11-12-7-10(15)6-9(3)14(12)17-13(11)8-16-5-2/h6-7,16H,4-5,8H2,1-3H3. The Balaban J connectivity index is 2.58. The molecule has 0 saturated carbocycles. The minimum Gasteiger partial charge on any atom is -0.459 e. The molecule has 0 aliphatic heterocycles. The van der Waals surface area contributed by atoms with Crippen molar-refractivity contribution in [3.05, 3.63) is 34.0 Å². The molecule has 0 aliphatic rings. The number of fused-ring (bicyclic) bond motifs is 1. The van der Waals surface area contributed by atoms with Crippen molar-refractivity contribution in [3.8, 4) is 0 Å². The summed E-state index contributed by atoms with van der Waals surface area (Å²) >= 11 is 6.11. The van der Waals surface area contributed by atoms with Gasteiger partial charge in [0.2, 0.25) is 0 Å². The van der Waals surface area contributed by atoms with Crippen LogP contribution in [0, 0.1) is 6.92 Å². The first-order chi connectivity index (χ1) is 8.17. The van der Waals surface area contributed by atoms with Crippen molar-refractivity contribution in [1.29, 1.82) is 0 Å². The average molecular weight is 252 g/mol. The number of benzene rings is 1. The number of hydrogen-bond donors (Lipinski definition) is 1. The van der Waals surface area contributed by atoms with Crippen molar-refractivity contribution >= 4 is 22.6 Å². The van der Waals surface area contributed by atoms with Gasteiger partial charge in [0.25, 0.3) is 0 Å². The maximum absolute atomic E-state index is 6.11. The molecule has 0 bridgehead atoms. The van der Waals surface area contributed by atoms with E-state index in [-0.39, 0.29) is 0 Å². The molecule has 0 atom stereocenters. The Bertz CT molecular complexity index is 530. The molecule has 2 nitrogen and oxygen atoms in total. The number of hydrogen-bond acceptors (Lipinski definition) is 2. The zero-order chi connectivity index (χ0) is 12.4. The Morgan fingerprint density at radius 1 is 1.29 bits per heavy atom. The molecule has 2 aromatic rings. The lowest BCUT2D eigenvalue weighted by Crippen LogP contribution is -2.12. The number of rotatable bonds is 4. The largest absolute Gasteiger partial charge is 0.459 e. The third kappa shape index (κ3) is 2.33. The molecule has 3 heteroatoms. The van der Waals surface area contributed by atoms with Gasteiger partial charge in [0.05, 0.1) is 6.54 Å². The maximum Gasteiger partial charge on any atom is 0.137 e. The van der Waals surface area contributed by atoms with Crippen LogP contribution in [-0.4, -0.2) is 6.54 Å². The van der Waals surface area contributed by atoms with E-state index in [1.54, 1.807) is 0 Å². The van der Waals surface area contributed by atoms with Crippen LogP contribution in [0.15, 0.2) is 16.5 Å². The maximum atomic E-state index is 6.11. The summed E-state index contributed by atoms with van der Waals surface area (Å²) in [5.41, 5.74) is 3.34. The van der Waals surface area contributed by atoms with E-state index in [2.05, 4.69) is 19.2 Å². The molecule has 0 aliphatic carbocycles.